The molecule has 2 aromatic carbocycles. The highest BCUT2D eigenvalue weighted by Gasteiger charge is 2.40. The van der Waals surface area contributed by atoms with Crippen LogP contribution in [0.4, 0.5) is 13.2 Å². The lowest BCUT2D eigenvalue weighted by Crippen LogP contribution is -2.48. The Morgan fingerprint density at radius 2 is 1.82 bits per heavy atom. The molecule has 206 valence electrons. The topological polar surface area (TPSA) is 83.8 Å². The van der Waals surface area contributed by atoms with Crippen LogP contribution in [0, 0.1) is 17.5 Å². The standard InChI is InChI=1S/C29H30F3N3O4/c1-2-19-9-6-10-20-14-35(19)29(38)25-27(39-16-17-7-4-3-5-8-17)26(36)22(15-34(20)25)28(37)33-13-21-23(31)11-18(30)12-24(21)32/h3-5,7-8,11-12,15,19-20,28,33,37H,2,6,9-10,13-14,16H2,1H3/t19-,20-,28?/m0/s1. The van der Waals surface area contributed by atoms with Gasteiger partial charge in [-0.3, -0.25) is 14.9 Å². The lowest BCUT2D eigenvalue weighted by atomic mass is 10.0. The number of pyridine rings is 1. The first-order chi connectivity index (χ1) is 18.8. The number of benzene rings is 2. The Labute approximate surface area is 223 Å². The van der Waals surface area contributed by atoms with Crippen LogP contribution in [-0.2, 0) is 13.2 Å². The highest BCUT2D eigenvalue weighted by Crippen LogP contribution is 2.36. The molecule has 2 aliphatic rings. The van der Waals surface area contributed by atoms with Crippen molar-refractivity contribution in [3.05, 3.63) is 98.7 Å². The van der Waals surface area contributed by atoms with E-state index in [-0.39, 0.29) is 41.6 Å². The number of amides is 1. The second kappa shape index (κ2) is 11.2. The van der Waals surface area contributed by atoms with Crippen molar-refractivity contribution in [1.82, 2.24) is 14.8 Å². The Morgan fingerprint density at radius 1 is 1.10 bits per heavy atom. The van der Waals surface area contributed by atoms with Crippen LogP contribution in [0.5, 0.6) is 5.75 Å². The van der Waals surface area contributed by atoms with Crippen molar-refractivity contribution in [2.45, 2.75) is 64.1 Å². The molecule has 39 heavy (non-hydrogen) atoms. The van der Waals surface area contributed by atoms with E-state index in [0.29, 0.717) is 18.7 Å². The van der Waals surface area contributed by atoms with Crippen LogP contribution in [-0.4, -0.2) is 33.1 Å². The summed E-state index contributed by atoms with van der Waals surface area (Å²) < 4.78 is 49.3. The molecule has 3 aromatic rings. The predicted octanol–water partition coefficient (Wildman–Crippen LogP) is 4.58. The van der Waals surface area contributed by atoms with Gasteiger partial charge in [0.1, 0.15) is 30.3 Å². The number of carbonyl (C=O) groups excluding carboxylic acids is 1. The number of fused-ring (bicyclic) bond motifs is 4. The predicted molar refractivity (Wildman–Crippen MR) is 138 cm³/mol. The molecule has 7 nitrogen and oxygen atoms in total. The number of aliphatic hydroxyl groups is 1. The molecule has 0 saturated carbocycles. The van der Waals surface area contributed by atoms with Crippen LogP contribution in [0.25, 0.3) is 0 Å². The SMILES string of the molecule is CC[C@H]1CCC[C@H]2CN1C(=O)c1c(OCc3ccccc3)c(=O)c(C(O)NCc3c(F)cc(F)cc3F)cn12. The van der Waals surface area contributed by atoms with Crippen molar-refractivity contribution in [3.63, 3.8) is 0 Å². The van der Waals surface area contributed by atoms with Gasteiger partial charge in [0.2, 0.25) is 5.43 Å². The van der Waals surface area contributed by atoms with Gasteiger partial charge in [-0.05, 0) is 31.2 Å². The zero-order valence-electron chi connectivity index (χ0n) is 21.5. The first kappa shape index (κ1) is 27.0. The quantitative estimate of drug-likeness (QED) is 0.408. The van der Waals surface area contributed by atoms with Crippen LogP contribution >= 0.6 is 0 Å². The summed E-state index contributed by atoms with van der Waals surface area (Å²) >= 11 is 0. The van der Waals surface area contributed by atoms with E-state index < -0.39 is 41.2 Å². The van der Waals surface area contributed by atoms with E-state index in [1.54, 1.807) is 4.57 Å². The van der Waals surface area contributed by atoms with E-state index in [4.69, 9.17) is 4.74 Å². The van der Waals surface area contributed by atoms with Gasteiger partial charge < -0.3 is 19.3 Å². The van der Waals surface area contributed by atoms with Crippen LogP contribution in [0.2, 0.25) is 0 Å². The average molecular weight is 542 g/mol. The Balaban J connectivity index is 1.53. The van der Waals surface area contributed by atoms with Gasteiger partial charge in [0, 0.05) is 43.0 Å². The third-order valence-electron chi connectivity index (χ3n) is 7.57. The maximum Gasteiger partial charge on any atom is 0.274 e. The maximum absolute atomic E-state index is 14.1. The van der Waals surface area contributed by atoms with Crippen LogP contribution in [0.15, 0.2) is 53.5 Å². The molecule has 0 radical (unpaired) electrons. The number of halogens is 3. The number of nitrogens with zero attached hydrogens (tertiary/aromatic N) is 2. The van der Waals surface area contributed by atoms with Crippen molar-refractivity contribution in [1.29, 1.82) is 0 Å². The molecule has 1 unspecified atom stereocenters. The molecular weight excluding hydrogens is 511 g/mol. The number of ether oxygens (including phenoxy) is 1. The van der Waals surface area contributed by atoms with Gasteiger partial charge in [0.15, 0.2) is 11.4 Å². The third kappa shape index (κ3) is 5.31. The second-order valence-electron chi connectivity index (χ2n) is 10.0. The number of aliphatic hydroxyl groups excluding tert-OH is 1. The highest BCUT2D eigenvalue weighted by atomic mass is 19.1. The second-order valence-corrected chi connectivity index (χ2v) is 10.0. The summed E-state index contributed by atoms with van der Waals surface area (Å²) in [5, 5.41) is 13.5. The molecule has 1 amide bonds. The van der Waals surface area contributed by atoms with Gasteiger partial charge >= 0.3 is 0 Å². The first-order valence-corrected chi connectivity index (χ1v) is 13.1. The van der Waals surface area contributed by atoms with E-state index in [9.17, 15) is 27.9 Å². The fourth-order valence-electron chi connectivity index (χ4n) is 5.48. The van der Waals surface area contributed by atoms with Crippen LogP contribution < -0.4 is 15.5 Å². The minimum absolute atomic E-state index is 0.0250. The zero-order chi connectivity index (χ0) is 27.7. The Morgan fingerprint density at radius 3 is 2.51 bits per heavy atom. The highest BCUT2D eigenvalue weighted by molar-refractivity contribution is 5.96. The number of carbonyl (C=O) groups is 1. The van der Waals surface area contributed by atoms with Gasteiger partial charge in [-0.25, -0.2) is 13.2 Å². The van der Waals surface area contributed by atoms with E-state index in [1.165, 1.54) is 6.20 Å². The number of rotatable bonds is 8. The number of aromatic nitrogens is 1. The van der Waals surface area contributed by atoms with Gasteiger partial charge in [-0.15, -0.1) is 0 Å². The maximum atomic E-state index is 14.1. The molecule has 1 saturated heterocycles. The summed E-state index contributed by atoms with van der Waals surface area (Å²) in [7, 11) is 0. The zero-order valence-corrected chi connectivity index (χ0v) is 21.5. The number of hydrogen-bond donors (Lipinski definition) is 2. The van der Waals surface area contributed by atoms with E-state index in [2.05, 4.69) is 5.32 Å². The number of hydrogen-bond acceptors (Lipinski definition) is 5. The Bertz CT molecular complexity index is 1410. The summed E-state index contributed by atoms with van der Waals surface area (Å²) in [5.41, 5.74) is -0.372. The molecule has 10 heteroatoms. The first-order valence-electron chi connectivity index (χ1n) is 13.1. The normalized spacial score (nSPS) is 19.4. The number of nitrogens with one attached hydrogen (secondary N) is 1. The Kier molecular flexibility index (Phi) is 7.76. The van der Waals surface area contributed by atoms with Crippen molar-refractivity contribution in [2.24, 2.45) is 0 Å². The third-order valence-corrected chi connectivity index (χ3v) is 7.57. The van der Waals surface area contributed by atoms with Crippen LogP contribution in [0.3, 0.4) is 0 Å². The summed E-state index contributed by atoms with van der Waals surface area (Å²) in [4.78, 5) is 29.2. The van der Waals surface area contributed by atoms with E-state index in [1.807, 2.05) is 42.2 Å². The smallest absolute Gasteiger partial charge is 0.274 e. The van der Waals surface area contributed by atoms with Gasteiger partial charge in [-0.1, -0.05) is 37.3 Å². The van der Waals surface area contributed by atoms with E-state index in [0.717, 1.165) is 31.2 Å². The average Bonchev–Trinajstić information content (AvgIpc) is 3.11. The minimum Gasteiger partial charge on any atom is -0.483 e. The fourth-order valence-corrected chi connectivity index (χ4v) is 5.48. The van der Waals surface area contributed by atoms with Crippen molar-refractivity contribution in [3.8, 4) is 5.75 Å². The summed E-state index contributed by atoms with van der Waals surface area (Å²) in [6, 6.07) is 10.2. The van der Waals surface area contributed by atoms with Gasteiger partial charge in [0.25, 0.3) is 5.91 Å². The molecule has 1 fully saturated rings. The Hall–Kier alpha value is -3.63. The molecule has 2 aliphatic heterocycles. The lowest BCUT2D eigenvalue weighted by molar-refractivity contribution is 0.0577. The fraction of sp³-hybridized carbons (Fsp3) is 0.379. The monoisotopic (exact) mass is 541 g/mol. The van der Waals surface area contributed by atoms with Crippen LogP contribution in [0.1, 0.15) is 72.1 Å². The molecule has 3 atom stereocenters. The van der Waals surface area contributed by atoms with Gasteiger partial charge in [0.05, 0.1) is 11.6 Å². The van der Waals surface area contributed by atoms with E-state index >= 15 is 0 Å². The molecule has 0 spiro atoms. The molecule has 2 bridgehead atoms. The molecule has 1 aromatic heterocycles. The summed E-state index contributed by atoms with van der Waals surface area (Å²) in [6.45, 7) is 2.02. The lowest BCUT2D eigenvalue weighted by Gasteiger charge is -2.38. The molecular formula is C29H30F3N3O4. The molecule has 2 N–H and O–H groups in total. The van der Waals surface area contributed by atoms with Crippen molar-refractivity contribution >= 4 is 5.91 Å². The summed E-state index contributed by atoms with van der Waals surface area (Å²) in [6.07, 6.45) is 3.10. The molecule has 5 rings (SSSR count). The van der Waals surface area contributed by atoms with Gasteiger partial charge in [-0.2, -0.15) is 0 Å². The molecule has 0 aliphatic carbocycles. The van der Waals surface area contributed by atoms with Crippen molar-refractivity contribution < 1.29 is 27.8 Å². The summed E-state index contributed by atoms with van der Waals surface area (Å²) in [5.74, 6) is -3.76. The van der Waals surface area contributed by atoms with Crippen molar-refractivity contribution in [2.75, 3.05) is 6.54 Å². The largest absolute Gasteiger partial charge is 0.483 e. The molecule has 3 heterocycles. The minimum atomic E-state index is -1.64.